The molecule has 2 aliphatic rings. The van der Waals surface area contributed by atoms with E-state index in [4.69, 9.17) is 0 Å². The molecule has 0 saturated heterocycles. The lowest BCUT2D eigenvalue weighted by Crippen LogP contribution is -2.21. The SMILES string of the molecule is CS(=O)(=O)c1ccc(-c2cc(C#N)cc3c2N2CCCNC=C2C3=O)cc1. The van der Waals surface area contributed by atoms with Gasteiger partial charge in [-0.2, -0.15) is 5.26 Å². The summed E-state index contributed by atoms with van der Waals surface area (Å²) < 4.78 is 23.5. The topological polar surface area (TPSA) is 90.3 Å². The number of Topliss-reactive ketones (excluding diaryl/α,β-unsaturated/α-hetero) is 1. The van der Waals surface area contributed by atoms with Crippen LogP contribution in [0, 0.1) is 11.3 Å². The van der Waals surface area contributed by atoms with Crippen LogP contribution in [0.2, 0.25) is 0 Å². The van der Waals surface area contributed by atoms with Crippen LogP contribution >= 0.6 is 0 Å². The number of rotatable bonds is 2. The fourth-order valence-electron chi connectivity index (χ4n) is 3.53. The fraction of sp³-hybridized carbons (Fsp3) is 0.200. The Morgan fingerprint density at radius 1 is 1.15 bits per heavy atom. The molecule has 0 amide bonds. The van der Waals surface area contributed by atoms with Gasteiger partial charge in [-0.25, -0.2) is 8.42 Å². The number of allylic oxidation sites excluding steroid dienone is 1. The summed E-state index contributed by atoms with van der Waals surface area (Å²) >= 11 is 0. The molecule has 0 unspecified atom stereocenters. The largest absolute Gasteiger partial charge is 0.389 e. The summed E-state index contributed by atoms with van der Waals surface area (Å²) in [5.74, 6) is -0.106. The molecular weight excluding hydrogens is 362 g/mol. The van der Waals surface area contributed by atoms with E-state index in [9.17, 15) is 18.5 Å². The first-order valence-corrected chi connectivity index (χ1v) is 10.4. The molecule has 0 fully saturated rings. The second kappa shape index (κ2) is 6.25. The lowest BCUT2D eigenvalue weighted by molar-refractivity contribution is 0.103. The first kappa shape index (κ1) is 17.3. The summed E-state index contributed by atoms with van der Waals surface area (Å²) in [6.45, 7) is 1.48. The first-order chi connectivity index (χ1) is 12.9. The maximum Gasteiger partial charge on any atom is 0.213 e. The Hall–Kier alpha value is -3.11. The smallest absolute Gasteiger partial charge is 0.213 e. The molecule has 6 nitrogen and oxygen atoms in total. The van der Waals surface area contributed by atoms with E-state index in [-0.39, 0.29) is 10.7 Å². The molecule has 1 N–H and O–H groups in total. The van der Waals surface area contributed by atoms with Crippen molar-refractivity contribution in [1.29, 1.82) is 5.26 Å². The van der Waals surface area contributed by atoms with Gasteiger partial charge in [0.05, 0.1) is 22.2 Å². The summed E-state index contributed by atoms with van der Waals surface area (Å²) in [6.07, 6.45) is 3.77. The monoisotopic (exact) mass is 379 g/mol. The van der Waals surface area contributed by atoms with Crippen LogP contribution in [0.1, 0.15) is 22.3 Å². The van der Waals surface area contributed by atoms with Crippen molar-refractivity contribution in [2.24, 2.45) is 0 Å². The Labute approximate surface area is 157 Å². The van der Waals surface area contributed by atoms with E-state index in [1.54, 1.807) is 42.6 Å². The van der Waals surface area contributed by atoms with Gasteiger partial charge in [0.25, 0.3) is 0 Å². The number of hydrogen-bond acceptors (Lipinski definition) is 6. The van der Waals surface area contributed by atoms with Crippen LogP contribution in [0.25, 0.3) is 11.1 Å². The maximum absolute atomic E-state index is 12.9. The molecule has 136 valence electrons. The maximum atomic E-state index is 12.9. The van der Waals surface area contributed by atoms with Gasteiger partial charge in [-0.05, 0) is 36.2 Å². The lowest BCUT2D eigenvalue weighted by atomic mass is 9.97. The predicted molar refractivity (Wildman–Crippen MR) is 102 cm³/mol. The summed E-state index contributed by atoms with van der Waals surface area (Å²) in [6, 6.07) is 12.0. The zero-order valence-corrected chi connectivity index (χ0v) is 15.5. The number of nitriles is 1. The second-order valence-electron chi connectivity index (χ2n) is 6.65. The average molecular weight is 379 g/mol. The third-order valence-electron chi connectivity index (χ3n) is 4.81. The summed E-state index contributed by atoms with van der Waals surface area (Å²) in [5, 5.41) is 12.5. The van der Waals surface area contributed by atoms with E-state index in [2.05, 4.69) is 11.4 Å². The molecule has 27 heavy (non-hydrogen) atoms. The zero-order chi connectivity index (χ0) is 19.2. The number of carbonyl (C=O) groups excluding carboxylic acids is 1. The lowest BCUT2D eigenvalue weighted by Gasteiger charge is -2.21. The summed E-state index contributed by atoms with van der Waals surface area (Å²) in [5.41, 5.74) is 3.78. The quantitative estimate of drug-likeness (QED) is 0.862. The Morgan fingerprint density at radius 3 is 2.52 bits per heavy atom. The molecule has 0 saturated carbocycles. The van der Waals surface area contributed by atoms with Crippen LogP contribution in [0.3, 0.4) is 0 Å². The van der Waals surface area contributed by atoms with E-state index in [0.29, 0.717) is 23.4 Å². The molecule has 4 rings (SSSR count). The molecule has 7 heteroatoms. The standard InChI is InChI=1S/C20H17N3O3S/c1-27(25,26)15-5-3-14(4-6-15)16-9-13(11-21)10-17-19(16)23-8-2-7-22-12-18(23)20(17)24/h3-6,9-10,12,22H,2,7-8H2,1H3. The van der Waals surface area contributed by atoms with Crippen molar-refractivity contribution in [3.8, 4) is 17.2 Å². The van der Waals surface area contributed by atoms with Gasteiger partial charge < -0.3 is 10.2 Å². The molecule has 2 aromatic rings. The van der Waals surface area contributed by atoms with Gasteiger partial charge in [0, 0.05) is 36.7 Å². The highest BCUT2D eigenvalue weighted by Crippen LogP contribution is 2.43. The van der Waals surface area contributed by atoms with Gasteiger partial charge in [-0.3, -0.25) is 4.79 Å². The number of ketones is 1. The van der Waals surface area contributed by atoms with Gasteiger partial charge in [-0.1, -0.05) is 12.1 Å². The molecule has 0 atom stereocenters. The van der Waals surface area contributed by atoms with Crippen LogP contribution < -0.4 is 10.2 Å². The molecular formula is C20H17N3O3S. The van der Waals surface area contributed by atoms with Crippen molar-refractivity contribution in [3.05, 3.63) is 59.4 Å². The van der Waals surface area contributed by atoms with Crippen LogP contribution in [0.15, 0.2) is 53.2 Å². The molecule has 2 aromatic carbocycles. The minimum absolute atomic E-state index is 0.106. The molecule has 0 bridgehead atoms. The fourth-order valence-corrected chi connectivity index (χ4v) is 4.16. The number of nitrogens with zero attached hydrogens (tertiary/aromatic N) is 2. The molecule has 0 spiro atoms. The van der Waals surface area contributed by atoms with Gasteiger partial charge >= 0.3 is 0 Å². The Morgan fingerprint density at radius 2 is 1.85 bits per heavy atom. The van der Waals surface area contributed by atoms with Crippen molar-refractivity contribution in [2.45, 2.75) is 11.3 Å². The number of fused-ring (bicyclic) bond motifs is 3. The Kier molecular flexibility index (Phi) is 4.01. The first-order valence-electron chi connectivity index (χ1n) is 8.54. The van der Waals surface area contributed by atoms with Crippen LogP contribution in [0.4, 0.5) is 5.69 Å². The number of benzene rings is 2. The van der Waals surface area contributed by atoms with Crippen molar-refractivity contribution in [3.63, 3.8) is 0 Å². The number of sulfone groups is 1. The van der Waals surface area contributed by atoms with E-state index < -0.39 is 9.84 Å². The van der Waals surface area contributed by atoms with Crippen LogP contribution in [-0.4, -0.2) is 33.5 Å². The van der Waals surface area contributed by atoms with E-state index in [0.717, 1.165) is 36.0 Å². The number of nitrogens with one attached hydrogen (secondary N) is 1. The van der Waals surface area contributed by atoms with E-state index in [1.807, 2.05) is 4.90 Å². The molecule has 0 aromatic heterocycles. The predicted octanol–water partition coefficient (Wildman–Crippen LogP) is 2.47. The summed E-state index contributed by atoms with van der Waals surface area (Å²) in [4.78, 5) is 15.1. The Bertz CT molecular complexity index is 1130. The third-order valence-corrected chi connectivity index (χ3v) is 5.94. The highest BCUT2D eigenvalue weighted by atomic mass is 32.2. The van der Waals surface area contributed by atoms with Gasteiger partial charge in [0.15, 0.2) is 9.84 Å². The number of anilines is 1. The zero-order valence-electron chi connectivity index (χ0n) is 14.7. The Balaban J connectivity index is 1.93. The number of hydrogen-bond donors (Lipinski definition) is 1. The van der Waals surface area contributed by atoms with Crippen molar-refractivity contribution >= 4 is 21.3 Å². The molecule has 0 radical (unpaired) electrons. The van der Waals surface area contributed by atoms with Gasteiger partial charge in [-0.15, -0.1) is 0 Å². The highest BCUT2D eigenvalue weighted by Gasteiger charge is 2.35. The van der Waals surface area contributed by atoms with Crippen molar-refractivity contribution in [2.75, 3.05) is 24.2 Å². The molecule has 0 aliphatic carbocycles. The second-order valence-corrected chi connectivity index (χ2v) is 8.66. The minimum atomic E-state index is -3.29. The van der Waals surface area contributed by atoms with E-state index in [1.165, 1.54) is 0 Å². The van der Waals surface area contributed by atoms with Crippen LogP contribution in [-0.2, 0) is 9.84 Å². The van der Waals surface area contributed by atoms with Crippen molar-refractivity contribution in [1.82, 2.24) is 5.32 Å². The van der Waals surface area contributed by atoms with Crippen LogP contribution in [0.5, 0.6) is 0 Å². The summed E-state index contributed by atoms with van der Waals surface area (Å²) in [7, 11) is -3.29. The number of carbonyl (C=O) groups is 1. The van der Waals surface area contributed by atoms with Crippen molar-refractivity contribution < 1.29 is 13.2 Å². The van der Waals surface area contributed by atoms with Gasteiger partial charge in [0.1, 0.15) is 5.70 Å². The molecule has 2 heterocycles. The van der Waals surface area contributed by atoms with Gasteiger partial charge in [0.2, 0.25) is 5.78 Å². The van der Waals surface area contributed by atoms with E-state index >= 15 is 0 Å². The normalized spacial score (nSPS) is 15.9. The average Bonchev–Trinajstić information content (AvgIpc) is 2.81. The third kappa shape index (κ3) is 2.88. The highest BCUT2D eigenvalue weighted by molar-refractivity contribution is 7.90. The minimum Gasteiger partial charge on any atom is -0.389 e. The molecule has 2 aliphatic heterocycles.